The Bertz CT molecular complexity index is 90.9. The van der Waals surface area contributed by atoms with Crippen molar-refractivity contribution >= 4 is 5.78 Å². The van der Waals surface area contributed by atoms with Crippen molar-refractivity contribution in [1.29, 1.82) is 0 Å². The summed E-state index contributed by atoms with van der Waals surface area (Å²) in [5, 5.41) is 2.82. The first-order valence-corrected chi connectivity index (χ1v) is 3.26. The Kier molecular flexibility index (Phi) is 4.32. The molecular weight excluding hydrogens is 114 g/mol. The minimum Gasteiger partial charge on any atom is -0.306 e. The molecule has 9 heavy (non-hydrogen) atoms. The number of carbonyl (C=O) groups is 1. The van der Waals surface area contributed by atoms with E-state index in [1.807, 2.05) is 6.92 Å². The van der Waals surface area contributed by atoms with Gasteiger partial charge in [-0.1, -0.05) is 6.92 Å². The first kappa shape index (κ1) is 8.63. The second kappa shape index (κ2) is 4.50. The molecule has 0 unspecified atom stereocenters. The van der Waals surface area contributed by atoms with E-state index >= 15 is 0 Å². The van der Waals surface area contributed by atoms with Crippen LogP contribution < -0.4 is 5.32 Å². The molecule has 1 radical (unpaired) electrons. The van der Waals surface area contributed by atoms with Crippen LogP contribution in [0.5, 0.6) is 0 Å². The lowest BCUT2D eigenvalue weighted by atomic mass is 10.1. The topological polar surface area (TPSA) is 29.1 Å². The van der Waals surface area contributed by atoms with Gasteiger partial charge in [-0.3, -0.25) is 4.79 Å². The number of rotatable bonds is 4. The van der Waals surface area contributed by atoms with Crippen LogP contribution in [0.3, 0.4) is 0 Å². The van der Waals surface area contributed by atoms with E-state index < -0.39 is 0 Å². The molecule has 0 fully saturated rings. The average molecular weight is 128 g/mol. The molecule has 0 aliphatic carbocycles. The summed E-state index contributed by atoms with van der Waals surface area (Å²) in [7, 11) is 1.77. The van der Waals surface area contributed by atoms with Crippen LogP contribution in [-0.4, -0.2) is 12.8 Å². The first-order chi connectivity index (χ1) is 4.22. The van der Waals surface area contributed by atoms with E-state index in [2.05, 4.69) is 5.32 Å². The Morgan fingerprint density at radius 2 is 2.11 bits per heavy atom. The van der Waals surface area contributed by atoms with Gasteiger partial charge in [0.2, 0.25) is 0 Å². The highest BCUT2D eigenvalue weighted by molar-refractivity contribution is 5.90. The van der Waals surface area contributed by atoms with Gasteiger partial charge in [-0.25, -0.2) is 0 Å². The van der Waals surface area contributed by atoms with Gasteiger partial charge < -0.3 is 5.32 Å². The van der Waals surface area contributed by atoms with Crippen LogP contribution in [0.25, 0.3) is 0 Å². The summed E-state index contributed by atoms with van der Waals surface area (Å²) in [5.41, 5.74) is 0. The summed E-state index contributed by atoms with van der Waals surface area (Å²) >= 11 is 0. The van der Waals surface area contributed by atoms with Gasteiger partial charge in [0.1, 0.15) is 0 Å². The van der Waals surface area contributed by atoms with Crippen molar-refractivity contribution in [2.45, 2.75) is 26.7 Å². The van der Waals surface area contributed by atoms with Crippen molar-refractivity contribution in [3.63, 3.8) is 0 Å². The Morgan fingerprint density at radius 3 is 2.44 bits per heavy atom. The number of hydrogen-bond donors (Lipinski definition) is 1. The zero-order valence-corrected chi connectivity index (χ0v) is 6.32. The largest absolute Gasteiger partial charge is 0.306 e. The van der Waals surface area contributed by atoms with E-state index in [9.17, 15) is 4.79 Å². The molecule has 0 bridgehead atoms. The molecule has 2 heteroatoms. The summed E-state index contributed by atoms with van der Waals surface area (Å²) < 4.78 is 0. The van der Waals surface area contributed by atoms with Crippen LogP contribution >= 0.6 is 0 Å². The van der Waals surface area contributed by atoms with E-state index in [4.69, 9.17) is 0 Å². The molecule has 0 aliphatic rings. The Morgan fingerprint density at radius 1 is 1.56 bits per heavy atom. The van der Waals surface area contributed by atoms with E-state index in [-0.39, 0.29) is 5.78 Å². The summed E-state index contributed by atoms with van der Waals surface area (Å²) in [6.45, 7) is 3.80. The Balaban J connectivity index is 3.46. The SMILES string of the molecule is CCCC(=O)[C](C)NC. The molecule has 53 valence electrons. The molecule has 1 N–H and O–H groups in total. The maximum atomic E-state index is 10.9. The second-order valence-electron chi connectivity index (χ2n) is 2.05. The van der Waals surface area contributed by atoms with Gasteiger partial charge in [-0.15, -0.1) is 0 Å². The highest BCUT2D eigenvalue weighted by Gasteiger charge is 2.08. The van der Waals surface area contributed by atoms with Gasteiger partial charge >= 0.3 is 0 Å². The summed E-state index contributed by atoms with van der Waals surface area (Å²) in [4.78, 5) is 10.9. The van der Waals surface area contributed by atoms with Crippen LogP contribution in [-0.2, 0) is 4.79 Å². The predicted octanol–water partition coefficient (Wildman–Crippen LogP) is 1.13. The summed E-state index contributed by atoms with van der Waals surface area (Å²) in [6.07, 6.45) is 1.59. The second-order valence-corrected chi connectivity index (χ2v) is 2.05. The van der Waals surface area contributed by atoms with Crippen LogP contribution in [0.2, 0.25) is 0 Å². The number of hydrogen-bond acceptors (Lipinski definition) is 2. The standard InChI is InChI=1S/C7H14NO/c1-4-5-7(9)6(2)8-3/h8H,4-5H2,1-3H3. The zero-order chi connectivity index (χ0) is 7.28. The maximum absolute atomic E-state index is 10.9. The smallest absolute Gasteiger partial charge is 0.154 e. The normalized spacial score (nSPS) is 10.2. The van der Waals surface area contributed by atoms with E-state index in [0.717, 1.165) is 12.5 Å². The molecule has 0 rings (SSSR count). The van der Waals surface area contributed by atoms with Gasteiger partial charge in [0.05, 0.1) is 6.04 Å². The molecule has 0 aromatic heterocycles. The maximum Gasteiger partial charge on any atom is 0.154 e. The molecule has 2 nitrogen and oxygen atoms in total. The highest BCUT2D eigenvalue weighted by Crippen LogP contribution is 1.99. The van der Waals surface area contributed by atoms with Crippen molar-refractivity contribution in [2.24, 2.45) is 0 Å². The summed E-state index contributed by atoms with van der Waals surface area (Å²) in [6, 6.07) is 0.761. The fraction of sp³-hybridized carbons (Fsp3) is 0.714. The highest BCUT2D eigenvalue weighted by atomic mass is 16.1. The van der Waals surface area contributed by atoms with E-state index in [0.29, 0.717) is 6.42 Å². The van der Waals surface area contributed by atoms with Gasteiger partial charge in [-0.2, -0.15) is 0 Å². The van der Waals surface area contributed by atoms with Crippen molar-refractivity contribution in [2.75, 3.05) is 7.05 Å². The fourth-order valence-electron chi connectivity index (χ4n) is 0.554. The summed E-state index contributed by atoms with van der Waals surface area (Å²) in [5.74, 6) is 0.222. The fourth-order valence-corrected chi connectivity index (χ4v) is 0.554. The quantitative estimate of drug-likeness (QED) is 0.615. The molecule has 0 aromatic carbocycles. The molecular formula is C7H14NO. The van der Waals surface area contributed by atoms with Crippen molar-refractivity contribution in [3.05, 3.63) is 6.04 Å². The monoisotopic (exact) mass is 128 g/mol. The lowest BCUT2D eigenvalue weighted by Gasteiger charge is -2.04. The minimum atomic E-state index is 0.222. The van der Waals surface area contributed by atoms with Crippen LogP contribution in [0, 0.1) is 6.04 Å². The molecule has 0 saturated carbocycles. The van der Waals surface area contributed by atoms with Gasteiger partial charge in [0, 0.05) is 6.42 Å². The number of ketones is 1. The third kappa shape index (κ3) is 3.25. The van der Waals surface area contributed by atoms with Gasteiger partial charge in [0.15, 0.2) is 5.78 Å². The van der Waals surface area contributed by atoms with Gasteiger partial charge in [0.25, 0.3) is 0 Å². The molecule has 0 spiro atoms. The molecule has 0 atom stereocenters. The minimum absolute atomic E-state index is 0.222. The Hall–Kier alpha value is -0.370. The van der Waals surface area contributed by atoms with E-state index in [1.165, 1.54) is 0 Å². The number of likely N-dealkylation sites (N-methyl/N-ethyl adjacent to an activating group) is 1. The molecule has 0 saturated heterocycles. The number of Topliss-reactive ketones (excluding diaryl/α,β-unsaturated/α-hetero) is 1. The third-order valence-corrected chi connectivity index (χ3v) is 1.27. The van der Waals surface area contributed by atoms with Crippen molar-refractivity contribution in [1.82, 2.24) is 5.32 Å². The third-order valence-electron chi connectivity index (χ3n) is 1.27. The van der Waals surface area contributed by atoms with E-state index in [1.54, 1.807) is 14.0 Å². The number of nitrogens with one attached hydrogen (secondary N) is 1. The first-order valence-electron chi connectivity index (χ1n) is 3.26. The molecule has 0 amide bonds. The molecule has 0 heterocycles. The van der Waals surface area contributed by atoms with Crippen LogP contribution in [0.15, 0.2) is 0 Å². The average Bonchev–Trinajstić information content (AvgIpc) is 1.87. The number of carbonyl (C=O) groups excluding carboxylic acids is 1. The lowest BCUT2D eigenvalue weighted by Crippen LogP contribution is -2.21. The van der Waals surface area contributed by atoms with Crippen molar-refractivity contribution < 1.29 is 4.79 Å². The van der Waals surface area contributed by atoms with Crippen LogP contribution in [0.1, 0.15) is 26.7 Å². The van der Waals surface area contributed by atoms with Crippen molar-refractivity contribution in [3.8, 4) is 0 Å². The van der Waals surface area contributed by atoms with Crippen LogP contribution in [0.4, 0.5) is 0 Å². The molecule has 0 aliphatic heterocycles. The lowest BCUT2D eigenvalue weighted by molar-refractivity contribution is -0.117. The molecule has 0 aromatic rings. The Labute approximate surface area is 56.6 Å². The zero-order valence-electron chi connectivity index (χ0n) is 6.32. The predicted molar refractivity (Wildman–Crippen MR) is 37.9 cm³/mol. The van der Waals surface area contributed by atoms with Gasteiger partial charge in [-0.05, 0) is 20.4 Å².